The van der Waals surface area contributed by atoms with E-state index in [-0.39, 0.29) is 18.1 Å². The number of rotatable bonds is 3. The lowest BCUT2D eigenvalue weighted by Crippen LogP contribution is -2.07. The van der Waals surface area contributed by atoms with Gasteiger partial charge in [-0.3, -0.25) is 4.79 Å². The second kappa shape index (κ2) is 4.96. The second-order valence-electron chi connectivity index (χ2n) is 2.76. The van der Waals surface area contributed by atoms with Crippen LogP contribution in [0.5, 0.6) is 0 Å². The number of benzene rings is 1. The van der Waals surface area contributed by atoms with Gasteiger partial charge in [0.1, 0.15) is 5.82 Å². The minimum Gasteiger partial charge on any atom is -0.469 e. The van der Waals surface area contributed by atoms with E-state index in [4.69, 9.17) is 11.6 Å². The van der Waals surface area contributed by atoms with Crippen LogP contribution >= 0.6 is 11.6 Å². The molecule has 0 atom stereocenters. The van der Waals surface area contributed by atoms with Crippen LogP contribution in [-0.2, 0) is 21.8 Å². The highest BCUT2D eigenvalue weighted by Crippen LogP contribution is 2.16. The summed E-state index contributed by atoms with van der Waals surface area (Å²) in [4.78, 5) is 11.0. The topological polar surface area (TPSA) is 26.3 Å². The SMILES string of the molecule is COC(=O)Cc1cccc(F)c1CCl. The van der Waals surface area contributed by atoms with E-state index in [1.165, 1.54) is 13.2 Å². The lowest BCUT2D eigenvalue weighted by Gasteiger charge is -2.06. The Hall–Kier alpha value is -1.09. The van der Waals surface area contributed by atoms with Crippen LogP contribution in [0.4, 0.5) is 4.39 Å². The van der Waals surface area contributed by atoms with Gasteiger partial charge in [-0.1, -0.05) is 12.1 Å². The zero-order chi connectivity index (χ0) is 10.6. The molecular weight excluding hydrogens is 207 g/mol. The second-order valence-corrected chi connectivity index (χ2v) is 3.03. The Labute approximate surface area is 86.6 Å². The summed E-state index contributed by atoms with van der Waals surface area (Å²) < 4.78 is 17.7. The molecule has 1 aromatic rings. The molecule has 0 radical (unpaired) electrons. The zero-order valence-corrected chi connectivity index (χ0v) is 8.47. The van der Waals surface area contributed by atoms with Crippen molar-refractivity contribution in [3.63, 3.8) is 0 Å². The molecule has 76 valence electrons. The lowest BCUT2D eigenvalue weighted by molar-refractivity contribution is -0.139. The number of halogens is 2. The Morgan fingerprint density at radius 2 is 2.29 bits per heavy atom. The number of alkyl halides is 1. The van der Waals surface area contributed by atoms with Crippen LogP contribution in [0.1, 0.15) is 11.1 Å². The zero-order valence-electron chi connectivity index (χ0n) is 7.72. The molecule has 0 aromatic heterocycles. The average Bonchev–Trinajstić information content (AvgIpc) is 2.18. The highest BCUT2D eigenvalue weighted by atomic mass is 35.5. The Balaban J connectivity index is 2.96. The molecule has 0 saturated carbocycles. The Morgan fingerprint density at radius 1 is 1.57 bits per heavy atom. The first-order valence-corrected chi connectivity index (χ1v) is 4.61. The van der Waals surface area contributed by atoms with Gasteiger partial charge >= 0.3 is 5.97 Å². The maximum Gasteiger partial charge on any atom is 0.309 e. The van der Waals surface area contributed by atoms with E-state index in [1.54, 1.807) is 12.1 Å². The minimum absolute atomic E-state index is 0.0519. The average molecular weight is 217 g/mol. The summed E-state index contributed by atoms with van der Waals surface area (Å²) in [6.45, 7) is 0. The van der Waals surface area contributed by atoms with Gasteiger partial charge in [0.2, 0.25) is 0 Å². The van der Waals surface area contributed by atoms with Crippen molar-refractivity contribution in [1.29, 1.82) is 0 Å². The maximum atomic E-state index is 13.2. The molecule has 2 nitrogen and oxygen atoms in total. The van der Waals surface area contributed by atoms with Gasteiger partial charge in [-0.15, -0.1) is 11.6 Å². The van der Waals surface area contributed by atoms with Crippen LogP contribution in [0.3, 0.4) is 0 Å². The summed E-state index contributed by atoms with van der Waals surface area (Å²) >= 11 is 5.57. The quantitative estimate of drug-likeness (QED) is 0.573. The predicted octanol–water partition coefficient (Wildman–Crippen LogP) is 2.28. The third-order valence-corrected chi connectivity index (χ3v) is 2.18. The van der Waals surface area contributed by atoms with Gasteiger partial charge in [0.05, 0.1) is 19.4 Å². The molecule has 14 heavy (non-hydrogen) atoms. The molecule has 0 N–H and O–H groups in total. The lowest BCUT2D eigenvalue weighted by atomic mass is 10.1. The smallest absolute Gasteiger partial charge is 0.309 e. The molecule has 0 aliphatic heterocycles. The number of ether oxygens (including phenoxy) is 1. The van der Waals surface area contributed by atoms with Crippen molar-refractivity contribution in [1.82, 2.24) is 0 Å². The molecule has 0 aliphatic rings. The summed E-state index contributed by atoms with van der Waals surface area (Å²) in [5.74, 6) is -0.734. The molecule has 0 fully saturated rings. The van der Waals surface area contributed by atoms with E-state index in [1.807, 2.05) is 0 Å². The van der Waals surface area contributed by atoms with Crippen molar-refractivity contribution >= 4 is 17.6 Å². The first kappa shape index (κ1) is 11.0. The summed E-state index contributed by atoms with van der Waals surface area (Å²) in [6.07, 6.45) is 0.0519. The molecule has 0 saturated heterocycles. The van der Waals surface area contributed by atoms with E-state index >= 15 is 0 Å². The molecule has 4 heteroatoms. The third kappa shape index (κ3) is 2.45. The van der Waals surface area contributed by atoms with E-state index < -0.39 is 5.97 Å². The number of esters is 1. The van der Waals surface area contributed by atoms with Crippen LogP contribution in [0.25, 0.3) is 0 Å². The van der Waals surface area contributed by atoms with E-state index in [9.17, 15) is 9.18 Å². The van der Waals surface area contributed by atoms with Crippen LogP contribution in [-0.4, -0.2) is 13.1 Å². The molecule has 0 amide bonds. The monoisotopic (exact) mass is 216 g/mol. The van der Waals surface area contributed by atoms with Crippen molar-refractivity contribution < 1.29 is 13.9 Å². The normalized spacial score (nSPS) is 9.93. The van der Waals surface area contributed by atoms with E-state index in [0.717, 1.165) is 0 Å². The van der Waals surface area contributed by atoms with Crippen molar-refractivity contribution in [3.8, 4) is 0 Å². The van der Waals surface area contributed by atoms with E-state index in [2.05, 4.69) is 4.74 Å². The molecule has 0 unspecified atom stereocenters. The van der Waals surface area contributed by atoms with Gasteiger partial charge in [-0.05, 0) is 11.6 Å². The molecule has 0 bridgehead atoms. The largest absolute Gasteiger partial charge is 0.469 e. The van der Waals surface area contributed by atoms with Crippen LogP contribution < -0.4 is 0 Å². The minimum atomic E-state index is -0.401. The van der Waals surface area contributed by atoms with Crippen molar-refractivity contribution in [2.45, 2.75) is 12.3 Å². The predicted molar refractivity (Wildman–Crippen MR) is 51.7 cm³/mol. The highest BCUT2D eigenvalue weighted by Gasteiger charge is 2.10. The fourth-order valence-corrected chi connectivity index (χ4v) is 1.45. The number of methoxy groups -OCH3 is 1. The summed E-state index contributed by atoms with van der Waals surface area (Å²) in [6, 6.07) is 4.53. The molecule has 1 aromatic carbocycles. The number of carbonyl (C=O) groups is 1. The van der Waals surface area contributed by atoms with Gasteiger partial charge < -0.3 is 4.74 Å². The summed E-state index contributed by atoms with van der Waals surface area (Å²) in [5, 5.41) is 0. The number of carbonyl (C=O) groups excluding carboxylic acids is 1. The first-order chi connectivity index (χ1) is 6.69. The van der Waals surface area contributed by atoms with Gasteiger partial charge in [-0.2, -0.15) is 0 Å². The van der Waals surface area contributed by atoms with Crippen molar-refractivity contribution in [2.24, 2.45) is 0 Å². The number of hydrogen-bond donors (Lipinski definition) is 0. The van der Waals surface area contributed by atoms with Gasteiger partial charge in [0, 0.05) is 5.56 Å². The highest BCUT2D eigenvalue weighted by molar-refractivity contribution is 6.17. The van der Waals surface area contributed by atoms with Crippen molar-refractivity contribution in [2.75, 3.05) is 7.11 Å². The van der Waals surface area contributed by atoms with Crippen LogP contribution in [0.15, 0.2) is 18.2 Å². The van der Waals surface area contributed by atoms with Gasteiger partial charge in [-0.25, -0.2) is 4.39 Å². The third-order valence-electron chi connectivity index (χ3n) is 1.91. The van der Waals surface area contributed by atoms with Crippen LogP contribution in [0.2, 0.25) is 0 Å². The fourth-order valence-electron chi connectivity index (χ4n) is 1.15. The molecule has 1 rings (SSSR count). The number of hydrogen-bond acceptors (Lipinski definition) is 2. The van der Waals surface area contributed by atoms with Crippen LogP contribution in [0, 0.1) is 5.82 Å². The Bertz CT molecular complexity index is 339. The molecule has 0 spiro atoms. The fraction of sp³-hybridized carbons (Fsp3) is 0.300. The first-order valence-electron chi connectivity index (χ1n) is 4.08. The Morgan fingerprint density at radius 3 is 2.86 bits per heavy atom. The summed E-state index contributed by atoms with van der Waals surface area (Å²) in [7, 11) is 1.29. The molecule has 0 aliphatic carbocycles. The van der Waals surface area contributed by atoms with Gasteiger partial charge in [0.15, 0.2) is 0 Å². The van der Waals surface area contributed by atoms with Crippen molar-refractivity contribution in [3.05, 3.63) is 35.1 Å². The molecular formula is C10H10ClFO2. The standard InChI is InChI=1S/C10H10ClFO2/c1-14-10(13)5-7-3-2-4-9(12)8(7)6-11/h2-4H,5-6H2,1H3. The van der Waals surface area contributed by atoms with Gasteiger partial charge in [0.25, 0.3) is 0 Å². The Kier molecular flexibility index (Phi) is 3.89. The maximum absolute atomic E-state index is 13.2. The summed E-state index contributed by atoms with van der Waals surface area (Å²) in [5.41, 5.74) is 0.936. The molecule has 0 heterocycles. The van der Waals surface area contributed by atoms with E-state index in [0.29, 0.717) is 11.1 Å².